The van der Waals surface area contributed by atoms with E-state index in [4.69, 9.17) is 0 Å². The molecule has 0 unspecified atom stereocenters. The van der Waals surface area contributed by atoms with Gasteiger partial charge in [0, 0.05) is 22.0 Å². The Bertz CT molecular complexity index is 720. The Labute approximate surface area is 107 Å². The Balaban J connectivity index is 2.14. The summed E-state index contributed by atoms with van der Waals surface area (Å²) >= 11 is 1.66. The Hall–Kier alpha value is -2.20. The molecule has 3 aromatic rings. The fourth-order valence-electron chi connectivity index (χ4n) is 1.83. The van der Waals surface area contributed by atoms with E-state index in [2.05, 4.69) is 4.98 Å². The van der Waals surface area contributed by atoms with Crippen LogP contribution in [0.25, 0.3) is 21.3 Å². The second-order valence-electron chi connectivity index (χ2n) is 3.90. The highest BCUT2D eigenvalue weighted by molar-refractivity contribution is 7.13. The summed E-state index contributed by atoms with van der Waals surface area (Å²) in [5, 5.41) is 13.6. The lowest BCUT2D eigenvalue weighted by atomic mass is 10.1. The van der Waals surface area contributed by atoms with E-state index in [9.17, 15) is 9.90 Å². The summed E-state index contributed by atoms with van der Waals surface area (Å²) in [7, 11) is 0. The van der Waals surface area contributed by atoms with Crippen molar-refractivity contribution in [1.82, 2.24) is 4.98 Å². The van der Waals surface area contributed by atoms with Gasteiger partial charge in [0.05, 0.1) is 11.5 Å². The van der Waals surface area contributed by atoms with Crippen LogP contribution < -0.4 is 5.11 Å². The smallest absolute Gasteiger partial charge is 0.0731 e. The number of fused-ring (bicyclic) bond motifs is 1. The van der Waals surface area contributed by atoms with Gasteiger partial charge in [0.1, 0.15) is 0 Å². The summed E-state index contributed by atoms with van der Waals surface area (Å²) in [5.41, 5.74) is 1.98. The first-order chi connectivity index (χ1) is 8.74. The number of carbonyl (C=O) groups excluding carboxylic acids is 1. The third-order valence-corrected chi connectivity index (χ3v) is 3.64. The van der Waals surface area contributed by atoms with E-state index in [0.29, 0.717) is 0 Å². The molecule has 18 heavy (non-hydrogen) atoms. The highest BCUT2D eigenvalue weighted by Gasteiger charge is 2.03. The zero-order valence-corrected chi connectivity index (χ0v) is 10.1. The summed E-state index contributed by atoms with van der Waals surface area (Å²) in [6.45, 7) is 0. The summed E-state index contributed by atoms with van der Waals surface area (Å²) in [4.78, 5) is 16.1. The molecule has 0 atom stereocenters. The number of carboxylic acid groups (broad SMARTS) is 1. The molecule has 88 valence electrons. The van der Waals surface area contributed by atoms with Crippen LogP contribution in [0.4, 0.5) is 0 Å². The Kier molecular flexibility index (Phi) is 2.57. The van der Waals surface area contributed by atoms with Crippen LogP contribution in [0.3, 0.4) is 0 Å². The fraction of sp³-hybridized carbons (Fsp3) is 0. The molecular formula is C14H8NO2S-. The average Bonchev–Trinajstić information content (AvgIpc) is 2.91. The van der Waals surface area contributed by atoms with Crippen molar-refractivity contribution in [3.8, 4) is 10.4 Å². The molecule has 0 amide bonds. The molecule has 0 spiro atoms. The van der Waals surface area contributed by atoms with E-state index < -0.39 is 5.97 Å². The molecule has 2 aromatic heterocycles. The Morgan fingerprint density at radius 2 is 2.11 bits per heavy atom. The van der Waals surface area contributed by atoms with Crippen LogP contribution in [-0.4, -0.2) is 11.0 Å². The second kappa shape index (κ2) is 4.23. The van der Waals surface area contributed by atoms with Gasteiger partial charge in [-0.1, -0.05) is 18.2 Å². The molecule has 0 radical (unpaired) electrons. The van der Waals surface area contributed by atoms with E-state index in [1.54, 1.807) is 17.4 Å². The van der Waals surface area contributed by atoms with E-state index in [-0.39, 0.29) is 5.56 Å². The second-order valence-corrected chi connectivity index (χ2v) is 4.84. The van der Waals surface area contributed by atoms with Crippen molar-refractivity contribution < 1.29 is 9.90 Å². The number of carbonyl (C=O) groups is 1. The molecule has 0 saturated heterocycles. The van der Waals surface area contributed by atoms with Crippen LogP contribution in [0.1, 0.15) is 10.4 Å². The number of benzene rings is 1. The molecule has 0 aliphatic heterocycles. The van der Waals surface area contributed by atoms with Crippen molar-refractivity contribution in [2.75, 3.05) is 0 Å². The number of nitrogens with zero attached hydrogens (tertiary/aromatic N) is 1. The molecule has 4 heteroatoms. The summed E-state index contributed by atoms with van der Waals surface area (Å²) in [6.07, 6.45) is 1.33. The van der Waals surface area contributed by atoms with Gasteiger partial charge in [0.25, 0.3) is 0 Å². The third kappa shape index (κ3) is 1.87. The summed E-state index contributed by atoms with van der Waals surface area (Å²) < 4.78 is 0. The van der Waals surface area contributed by atoms with Crippen molar-refractivity contribution in [1.29, 1.82) is 0 Å². The molecule has 0 aliphatic carbocycles. The quantitative estimate of drug-likeness (QED) is 0.705. The van der Waals surface area contributed by atoms with Gasteiger partial charge in [-0.25, -0.2) is 0 Å². The summed E-state index contributed by atoms with van der Waals surface area (Å²) in [5.74, 6) is -1.20. The van der Waals surface area contributed by atoms with Crippen LogP contribution >= 0.6 is 11.3 Å². The molecule has 0 fully saturated rings. The first-order valence-corrected chi connectivity index (χ1v) is 6.27. The van der Waals surface area contributed by atoms with Crippen molar-refractivity contribution >= 4 is 28.2 Å². The largest absolute Gasteiger partial charge is 0.545 e. The molecule has 1 aromatic carbocycles. The van der Waals surface area contributed by atoms with Crippen LogP contribution in [0.5, 0.6) is 0 Å². The Morgan fingerprint density at radius 1 is 1.22 bits per heavy atom. The number of aromatic nitrogens is 1. The van der Waals surface area contributed by atoms with Crippen molar-refractivity contribution in [2.45, 2.75) is 0 Å². The van der Waals surface area contributed by atoms with Gasteiger partial charge >= 0.3 is 0 Å². The lowest BCUT2D eigenvalue weighted by Crippen LogP contribution is -2.22. The highest BCUT2D eigenvalue weighted by Crippen LogP contribution is 2.27. The van der Waals surface area contributed by atoms with Crippen molar-refractivity contribution in [3.63, 3.8) is 0 Å². The number of hydrogen-bond donors (Lipinski definition) is 0. The minimum absolute atomic E-state index is 0.103. The van der Waals surface area contributed by atoms with Gasteiger partial charge in [0.15, 0.2) is 0 Å². The molecule has 3 nitrogen and oxygen atoms in total. The minimum atomic E-state index is -1.20. The predicted molar refractivity (Wildman–Crippen MR) is 69.4 cm³/mol. The average molecular weight is 254 g/mol. The van der Waals surface area contributed by atoms with Gasteiger partial charge < -0.3 is 9.90 Å². The van der Waals surface area contributed by atoms with Gasteiger partial charge in [-0.3, -0.25) is 4.98 Å². The normalized spacial score (nSPS) is 10.7. The standard InChI is InChI=1S/C14H9NO2S/c16-14(17)11-6-9-3-4-10(7-12(9)15-8-11)13-2-1-5-18-13/h1-8H,(H,16,17)/p-1. The minimum Gasteiger partial charge on any atom is -0.545 e. The van der Waals surface area contributed by atoms with E-state index in [0.717, 1.165) is 16.5 Å². The topological polar surface area (TPSA) is 53.0 Å². The van der Waals surface area contributed by atoms with Crippen LogP contribution in [-0.2, 0) is 0 Å². The summed E-state index contributed by atoms with van der Waals surface area (Å²) in [6, 6.07) is 11.4. The monoisotopic (exact) mass is 254 g/mol. The number of pyridine rings is 1. The SMILES string of the molecule is O=C([O-])c1cnc2cc(-c3cccs3)ccc2c1. The number of carboxylic acids is 1. The van der Waals surface area contributed by atoms with Crippen LogP contribution in [0, 0.1) is 0 Å². The van der Waals surface area contributed by atoms with Crippen LogP contribution in [0.15, 0.2) is 48.0 Å². The molecule has 0 N–H and O–H groups in total. The number of rotatable bonds is 2. The lowest BCUT2D eigenvalue weighted by Gasteiger charge is -2.05. The number of hydrogen-bond acceptors (Lipinski definition) is 4. The molecule has 3 rings (SSSR count). The maximum Gasteiger partial charge on any atom is 0.0731 e. The fourth-order valence-corrected chi connectivity index (χ4v) is 2.55. The molecule has 2 heterocycles. The van der Waals surface area contributed by atoms with Crippen LogP contribution in [0.2, 0.25) is 0 Å². The third-order valence-electron chi connectivity index (χ3n) is 2.73. The van der Waals surface area contributed by atoms with Crippen molar-refractivity contribution in [2.24, 2.45) is 0 Å². The molecular weight excluding hydrogens is 246 g/mol. The number of aromatic carboxylic acids is 1. The maximum atomic E-state index is 10.7. The Morgan fingerprint density at radius 3 is 2.83 bits per heavy atom. The zero-order valence-electron chi connectivity index (χ0n) is 9.29. The predicted octanol–water partition coefficient (Wildman–Crippen LogP) is 2.33. The van der Waals surface area contributed by atoms with E-state index in [1.807, 2.05) is 35.7 Å². The van der Waals surface area contributed by atoms with Gasteiger partial charge in [-0.05, 0) is 29.1 Å². The number of thiophene rings is 1. The zero-order chi connectivity index (χ0) is 12.5. The lowest BCUT2D eigenvalue weighted by molar-refractivity contribution is -0.255. The van der Waals surface area contributed by atoms with Gasteiger partial charge in [-0.2, -0.15) is 0 Å². The van der Waals surface area contributed by atoms with E-state index in [1.165, 1.54) is 11.1 Å². The van der Waals surface area contributed by atoms with E-state index >= 15 is 0 Å². The van der Waals surface area contributed by atoms with Gasteiger partial charge in [-0.15, -0.1) is 11.3 Å². The highest BCUT2D eigenvalue weighted by atomic mass is 32.1. The molecule has 0 saturated carbocycles. The molecule has 0 bridgehead atoms. The molecule has 0 aliphatic rings. The van der Waals surface area contributed by atoms with Gasteiger partial charge in [0.2, 0.25) is 0 Å². The van der Waals surface area contributed by atoms with Crippen molar-refractivity contribution in [3.05, 3.63) is 53.5 Å². The maximum absolute atomic E-state index is 10.7. The first kappa shape index (κ1) is 10.9. The first-order valence-electron chi connectivity index (χ1n) is 5.39.